The highest BCUT2D eigenvalue weighted by Crippen LogP contribution is 2.28. The van der Waals surface area contributed by atoms with Crippen molar-refractivity contribution in [2.75, 3.05) is 7.11 Å². The van der Waals surface area contributed by atoms with Crippen LogP contribution >= 0.6 is 0 Å². The van der Waals surface area contributed by atoms with Crippen LogP contribution in [0.4, 0.5) is 0 Å². The predicted molar refractivity (Wildman–Crippen MR) is 102 cm³/mol. The molecule has 0 saturated heterocycles. The number of aromatic nitrogens is 2. The number of nitrogens with zero attached hydrogens (tertiary/aromatic N) is 2. The minimum atomic E-state index is -3.89. The predicted octanol–water partition coefficient (Wildman–Crippen LogP) is 2.74. The Morgan fingerprint density at radius 1 is 1.00 bits per heavy atom. The summed E-state index contributed by atoms with van der Waals surface area (Å²) in [5.74, 6) is 0.674. The summed E-state index contributed by atoms with van der Waals surface area (Å²) >= 11 is 0. The van der Waals surface area contributed by atoms with Crippen molar-refractivity contribution in [2.24, 2.45) is 0 Å². The van der Waals surface area contributed by atoms with Gasteiger partial charge in [-0.2, -0.15) is 0 Å². The average molecular weight is 384 g/mol. The first-order chi connectivity index (χ1) is 12.9. The Morgan fingerprint density at radius 2 is 1.67 bits per heavy atom. The van der Waals surface area contributed by atoms with Gasteiger partial charge in [-0.05, 0) is 56.2 Å². The molecule has 1 aliphatic heterocycles. The number of aryl methyl sites for hydroxylation is 1. The van der Waals surface area contributed by atoms with Crippen molar-refractivity contribution in [3.05, 3.63) is 70.1 Å². The third-order valence-electron chi connectivity index (χ3n) is 4.90. The second-order valence-corrected chi connectivity index (χ2v) is 8.52. The molecule has 7 heteroatoms. The fourth-order valence-electron chi connectivity index (χ4n) is 3.53. The van der Waals surface area contributed by atoms with Crippen LogP contribution in [0.3, 0.4) is 0 Å². The molecule has 0 radical (unpaired) electrons. The molecule has 0 saturated carbocycles. The van der Waals surface area contributed by atoms with Gasteiger partial charge in [0, 0.05) is 6.54 Å². The number of fused-ring (bicyclic) bond motifs is 1. The van der Waals surface area contributed by atoms with Gasteiger partial charge in [0.05, 0.1) is 23.4 Å². The van der Waals surface area contributed by atoms with Crippen LogP contribution in [-0.2, 0) is 22.8 Å². The second-order valence-electron chi connectivity index (χ2n) is 6.63. The first kappa shape index (κ1) is 17.6. The summed E-state index contributed by atoms with van der Waals surface area (Å²) < 4.78 is 34.9. The van der Waals surface area contributed by atoms with Crippen molar-refractivity contribution in [2.45, 2.75) is 36.1 Å². The summed E-state index contributed by atoms with van der Waals surface area (Å²) in [6.07, 6.45) is 1.38. The standard InChI is InChI=1S/C20H20N2O4S/c1-14-5-11-17(12-6-14)27(24,25)19-18-4-3-13-21(18)22(20(19)23)15-7-9-16(26-2)10-8-15/h5-12H,3-4,13H2,1-2H3. The molecule has 0 aliphatic carbocycles. The first-order valence-electron chi connectivity index (χ1n) is 8.74. The van der Waals surface area contributed by atoms with Gasteiger partial charge >= 0.3 is 0 Å². The van der Waals surface area contributed by atoms with Gasteiger partial charge in [0.15, 0.2) is 4.90 Å². The Hall–Kier alpha value is -2.80. The Morgan fingerprint density at radius 3 is 2.30 bits per heavy atom. The SMILES string of the molecule is COc1ccc(-n2c(=O)c(S(=O)(=O)c3ccc(C)cc3)c3n2CCC3)cc1. The summed E-state index contributed by atoms with van der Waals surface area (Å²) in [6, 6.07) is 13.6. The van der Waals surface area contributed by atoms with Crippen LogP contribution in [0.5, 0.6) is 5.75 Å². The molecule has 1 aromatic heterocycles. The van der Waals surface area contributed by atoms with Gasteiger partial charge in [0.1, 0.15) is 5.75 Å². The monoisotopic (exact) mass is 384 g/mol. The molecule has 0 bridgehead atoms. The molecule has 140 valence electrons. The number of benzene rings is 2. The number of hydrogen-bond donors (Lipinski definition) is 0. The Bertz CT molecular complexity index is 1150. The van der Waals surface area contributed by atoms with E-state index in [0.29, 0.717) is 30.1 Å². The van der Waals surface area contributed by atoms with E-state index in [1.807, 2.05) is 6.92 Å². The van der Waals surface area contributed by atoms with E-state index in [9.17, 15) is 13.2 Å². The number of methoxy groups -OCH3 is 1. The minimum absolute atomic E-state index is 0.111. The van der Waals surface area contributed by atoms with E-state index >= 15 is 0 Å². The van der Waals surface area contributed by atoms with Crippen molar-refractivity contribution >= 4 is 9.84 Å². The molecule has 0 amide bonds. The molecule has 2 aromatic carbocycles. The highest BCUT2D eigenvalue weighted by Gasteiger charge is 2.33. The zero-order valence-corrected chi connectivity index (χ0v) is 16.0. The van der Waals surface area contributed by atoms with Gasteiger partial charge in [0.25, 0.3) is 5.56 Å². The maximum atomic E-state index is 13.2. The summed E-state index contributed by atoms with van der Waals surface area (Å²) in [5.41, 5.74) is 1.66. The molecule has 0 atom stereocenters. The molecule has 4 rings (SSSR count). The van der Waals surface area contributed by atoms with Crippen molar-refractivity contribution in [3.63, 3.8) is 0 Å². The van der Waals surface area contributed by atoms with E-state index < -0.39 is 15.4 Å². The lowest BCUT2D eigenvalue weighted by Crippen LogP contribution is -2.23. The fourth-order valence-corrected chi connectivity index (χ4v) is 5.09. The number of ether oxygens (including phenoxy) is 1. The van der Waals surface area contributed by atoms with Crippen LogP contribution in [-0.4, -0.2) is 24.9 Å². The molecule has 0 spiro atoms. The highest BCUT2D eigenvalue weighted by atomic mass is 32.2. The Balaban J connectivity index is 1.93. The van der Waals surface area contributed by atoms with Crippen molar-refractivity contribution in [3.8, 4) is 11.4 Å². The smallest absolute Gasteiger partial charge is 0.290 e. The Labute approximate surface area is 157 Å². The molecule has 0 unspecified atom stereocenters. The number of rotatable bonds is 4. The van der Waals surface area contributed by atoms with Crippen LogP contribution in [0.2, 0.25) is 0 Å². The summed E-state index contributed by atoms with van der Waals surface area (Å²) in [4.78, 5) is 13.2. The van der Waals surface area contributed by atoms with E-state index in [2.05, 4.69) is 0 Å². The van der Waals surface area contributed by atoms with Gasteiger partial charge in [0.2, 0.25) is 9.84 Å². The van der Waals surface area contributed by atoms with Crippen LogP contribution in [0.25, 0.3) is 5.69 Å². The van der Waals surface area contributed by atoms with Gasteiger partial charge in [-0.15, -0.1) is 0 Å². The van der Waals surface area contributed by atoms with E-state index in [4.69, 9.17) is 4.74 Å². The van der Waals surface area contributed by atoms with E-state index in [-0.39, 0.29) is 9.79 Å². The van der Waals surface area contributed by atoms with Gasteiger partial charge in [-0.3, -0.25) is 9.48 Å². The van der Waals surface area contributed by atoms with Crippen molar-refractivity contribution in [1.82, 2.24) is 9.36 Å². The van der Waals surface area contributed by atoms with Crippen LogP contribution < -0.4 is 10.3 Å². The lowest BCUT2D eigenvalue weighted by Gasteiger charge is -2.09. The average Bonchev–Trinajstić information content (AvgIpc) is 3.21. The van der Waals surface area contributed by atoms with Crippen LogP contribution in [0, 0.1) is 6.92 Å². The first-order valence-corrected chi connectivity index (χ1v) is 10.2. The van der Waals surface area contributed by atoms with E-state index in [0.717, 1.165) is 12.0 Å². The van der Waals surface area contributed by atoms with E-state index in [1.165, 1.54) is 4.68 Å². The molecule has 0 N–H and O–H groups in total. The molecule has 27 heavy (non-hydrogen) atoms. The third-order valence-corrected chi connectivity index (χ3v) is 6.74. The zero-order valence-electron chi connectivity index (χ0n) is 15.2. The highest BCUT2D eigenvalue weighted by molar-refractivity contribution is 7.91. The van der Waals surface area contributed by atoms with E-state index in [1.54, 1.807) is 60.3 Å². The molecule has 2 heterocycles. The fraction of sp³-hybridized carbons (Fsp3) is 0.250. The minimum Gasteiger partial charge on any atom is -0.497 e. The lowest BCUT2D eigenvalue weighted by atomic mass is 10.2. The largest absolute Gasteiger partial charge is 0.497 e. The van der Waals surface area contributed by atoms with Crippen LogP contribution in [0.1, 0.15) is 17.7 Å². The number of hydrogen-bond acceptors (Lipinski definition) is 4. The van der Waals surface area contributed by atoms with Crippen molar-refractivity contribution < 1.29 is 13.2 Å². The maximum absolute atomic E-state index is 13.2. The van der Waals surface area contributed by atoms with Crippen molar-refractivity contribution in [1.29, 1.82) is 0 Å². The molecular weight excluding hydrogens is 364 g/mol. The topological polar surface area (TPSA) is 70.3 Å². The van der Waals surface area contributed by atoms with Gasteiger partial charge in [-0.1, -0.05) is 17.7 Å². The molecule has 3 aromatic rings. The summed E-state index contributed by atoms with van der Waals surface area (Å²) in [5, 5.41) is 0. The second kappa shape index (κ2) is 6.42. The molecular formula is C20H20N2O4S. The third kappa shape index (κ3) is 2.78. The lowest BCUT2D eigenvalue weighted by molar-refractivity contribution is 0.414. The molecule has 6 nitrogen and oxygen atoms in total. The molecule has 0 fully saturated rings. The van der Waals surface area contributed by atoms with Crippen LogP contribution in [0.15, 0.2) is 63.1 Å². The summed E-state index contributed by atoms with van der Waals surface area (Å²) in [6.45, 7) is 2.50. The van der Waals surface area contributed by atoms with Gasteiger partial charge in [-0.25, -0.2) is 13.1 Å². The summed E-state index contributed by atoms with van der Waals surface area (Å²) in [7, 11) is -2.32. The Kier molecular flexibility index (Phi) is 4.19. The van der Waals surface area contributed by atoms with Gasteiger partial charge < -0.3 is 4.74 Å². The number of sulfone groups is 1. The molecule has 1 aliphatic rings. The zero-order chi connectivity index (χ0) is 19.2. The normalized spacial score (nSPS) is 13.6. The quantitative estimate of drug-likeness (QED) is 0.694. The maximum Gasteiger partial charge on any atom is 0.290 e.